The number of aromatic nitrogens is 6. The zero-order valence-electron chi connectivity index (χ0n) is 9.56. The molecule has 2 aromatic heterocycles. The van der Waals surface area contributed by atoms with Crippen LogP contribution in [0.5, 0.6) is 0 Å². The molecule has 0 aliphatic carbocycles. The number of benzene rings is 1. The van der Waals surface area contributed by atoms with Gasteiger partial charge in [-0.2, -0.15) is 4.80 Å². The molecule has 1 aromatic carbocycles. The van der Waals surface area contributed by atoms with E-state index in [-0.39, 0.29) is 5.82 Å². The van der Waals surface area contributed by atoms with Crippen LogP contribution in [0.2, 0.25) is 0 Å². The molecule has 0 amide bonds. The van der Waals surface area contributed by atoms with Crippen LogP contribution >= 0.6 is 11.3 Å². The Labute approximate surface area is 110 Å². The van der Waals surface area contributed by atoms with Gasteiger partial charge in [-0.25, -0.2) is 4.39 Å². The van der Waals surface area contributed by atoms with Gasteiger partial charge >= 0.3 is 0 Å². The molecule has 0 radical (unpaired) electrons. The topological polar surface area (TPSA) is 95.4 Å². The third-order valence-corrected chi connectivity index (χ3v) is 3.05. The Kier molecular flexibility index (Phi) is 2.88. The number of hydrogen-bond acceptors (Lipinski definition) is 7. The molecule has 2 N–H and O–H groups in total. The van der Waals surface area contributed by atoms with E-state index in [0.717, 1.165) is 0 Å². The lowest BCUT2D eigenvalue weighted by atomic mass is 10.2. The first-order chi connectivity index (χ1) is 9.20. The van der Waals surface area contributed by atoms with Crippen molar-refractivity contribution in [1.29, 1.82) is 0 Å². The lowest BCUT2D eigenvalue weighted by Crippen LogP contribution is -2.03. The maximum atomic E-state index is 12.8. The molecule has 0 spiro atoms. The van der Waals surface area contributed by atoms with E-state index in [0.29, 0.717) is 28.1 Å². The van der Waals surface area contributed by atoms with Crippen molar-refractivity contribution in [1.82, 2.24) is 30.4 Å². The molecule has 19 heavy (non-hydrogen) atoms. The third-order valence-electron chi connectivity index (χ3n) is 2.31. The summed E-state index contributed by atoms with van der Waals surface area (Å²) in [5, 5.41) is 20.7. The van der Waals surface area contributed by atoms with Crippen LogP contribution in [-0.2, 0) is 6.54 Å². The Balaban J connectivity index is 1.81. The van der Waals surface area contributed by atoms with Crippen LogP contribution < -0.4 is 5.73 Å². The van der Waals surface area contributed by atoms with Gasteiger partial charge in [0.2, 0.25) is 11.0 Å². The van der Waals surface area contributed by atoms with Gasteiger partial charge in [-0.1, -0.05) is 11.3 Å². The van der Waals surface area contributed by atoms with Crippen molar-refractivity contribution in [2.24, 2.45) is 0 Å². The van der Waals surface area contributed by atoms with Crippen LogP contribution in [0, 0.1) is 5.82 Å². The molecular weight excluding hydrogens is 269 g/mol. The first-order valence-corrected chi connectivity index (χ1v) is 6.14. The van der Waals surface area contributed by atoms with Gasteiger partial charge in [0.25, 0.3) is 0 Å². The van der Waals surface area contributed by atoms with Crippen molar-refractivity contribution in [3.8, 4) is 11.4 Å². The summed E-state index contributed by atoms with van der Waals surface area (Å²) in [5.74, 6) is 0.123. The van der Waals surface area contributed by atoms with Gasteiger partial charge < -0.3 is 5.73 Å². The normalized spacial score (nSPS) is 10.8. The summed E-state index contributed by atoms with van der Waals surface area (Å²) >= 11 is 1.27. The van der Waals surface area contributed by atoms with Gasteiger partial charge in [0, 0.05) is 5.56 Å². The van der Waals surface area contributed by atoms with E-state index in [9.17, 15) is 4.39 Å². The van der Waals surface area contributed by atoms with E-state index < -0.39 is 0 Å². The molecule has 2 heterocycles. The average Bonchev–Trinajstić information content (AvgIpc) is 3.00. The fraction of sp³-hybridized carbons (Fsp3) is 0.100. The number of tetrazole rings is 1. The molecule has 9 heteroatoms. The van der Waals surface area contributed by atoms with Crippen molar-refractivity contribution < 1.29 is 4.39 Å². The van der Waals surface area contributed by atoms with Crippen molar-refractivity contribution in [2.75, 3.05) is 5.73 Å². The Hall–Kier alpha value is -2.42. The van der Waals surface area contributed by atoms with Gasteiger partial charge in [0.15, 0.2) is 0 Å². The molecule has 0 unspecified atom stereocenters. The average molecular weight is 277 g/mol. The monoisotopic (exact) mass is 277 g/mol. The van der Waals surface area contributed by atoms with Gasteiger partial charge in [0.05, 0.1) is 0 Å². The van der Waals surface area contributed by atoms with Crippen LogP contribution in [0.3, 0.4) is 0 Å². The third kappa shape index (κ3) is 2.55. The van der Waals surface area contributed by atoms with Gasteiger partial charge in [-0.05, 0) is 29.5 Å². The quantitative estimate of drug-likeness (QED) is 0.766. The smallest absolute Gasteiger partial charge is 0.204 e. The second-order valence-corrected chi connectivity index (χ2v) is 4.78. The van der Waals surface area contributed by atoms with E-state index in [1.807, 2.05) is 0 Å². The molecule has 3 aromatic rings. The number of nitrogens with two attached hydrogens (primary N) is 1. The van der Waals surface area contributed by atoms with Crippen LogP contribution in [0.15, 0.2) is 24.3 Å². The van der Waals surface area contributed by atoms with Gasteiger partial charge in [-0.15, -0.1) is 20.4 Å². The Morgan fingerprint density at radius 2 is 1.95 bits per heavy atom. The summed E-state index contributed by atoms with van der Waals surface area (Å²) in [5.41, 5.74) is 6.18. The predicted octanol–water partition coefficient (Wildman–Crippen LogP) is 0.961. The molecule has 0 aliphatic heterocycles. The maximum Gasteiger partial charge on any atom is 0.204 e. The lowest BCUT2D eigenvalue weighted by Gasteiger charge is -1.94. The van der Waals surface area contributed by atoms with Crippen LogP contribution in [-0.4, -0.2) is 30.4 Å². The molecule has 0 saturated carbocycles. The minimum Gasteiger partial charge on any atom is -0.374 e. The number of nitrogens with zero attached hydrogens (tertiary/aromatic N) is 6. The molecule has 0 aliphatic rings. The first kappa shape index (κ1) is 11.7. The Morgan fingerprint density at radius 1 is 1.16 bits per heavy atom. The number of hydrogen-bond donors (Lipinski definition) is 1. The summed E-state index contributed by atoms with van der Waals surface area (Å²) in [6.07, 6.45) is 0. The standard InChI is InChI=1S/C10H8FN7S/c11-7-3-1-6(2-4-7)9-14-17-18(16-9)5-8-13-15-10(12)19-8/h1-4H,5H2,(H2,12,15). The van der Waals surface area contributed by atoms with E-state index in [2.05, 4.69) is 25.6 Å². The number of rotatable bonds is 3. The zero-order valence-corrected chi connectivity index (χ0v) is 10.4. The van der Waals surface area contributed by atoms with Crippen LogP contribution in [0.25, 0.3) is 11.4 Å². The number of anilines is 1. The highest BCUT2D eigenvalue weighted by Gasteiger charge is 2.08. The first-order valence-electron chi connectivity index (χ1n) is 5.32. The van der Waals surface area contributed by atoms with E-state index in [4.69, 9.17) is 5.73 Å². The SMILES string of the molecule is Nc1nnc(Cn2nnc(-c3ccc(F)cc3)n2)s1. The lowest BCUT2D eigenvalue weighted by molar-refractivity contribution is 0.568. The maximum absolute atomic E-state index is 12.8. The van der Waals surface area contributed by atoms with E-state index in [1.165, 1.54) is 28.3 Å². The highest BCUT2D eigenvalue weighted by molar-refractivity contribution is 7.15. The van der Waals surface area contributed by atoms with Crippen molar-refractivity contribution in [3.05, 3.63) is 35.1 Å². The summed E-state index contributed by atoms with van der Waals surface area (Å²) in [6.45, 7) is 0.350. The minimum absolute atomic E-state index is 0.305. The van der Waals surface area contributed by atoms with Gasteiger partial charge in [0.1, 0.15) is 17.4 Å². The van der Waals surface area contributed by atoms with Crippen molar-refractivity contribution in [2.45, 2.75) is 6.54 Å². The Morgan fingerprint density at radius 3 is 2.63 bits per heavy atom. The summed E-state index contributed by atoms with van der Waals surface area (Å²) in [7, 11) is 0. The largest absolute Gasteiger partial charge is 0.374 e. The Bertz CT molecular complexity index is 690. The highest BCUT2D eigenvalue weighted by atomic mass is 32.1. The summed E-state index contributed by atoms with van der Waals surface area (Å²) < 4.78 is 12.8. The number of nitrogen functional groups attached to an aromatic ring is 1. The highest BCUT2D eigenvalue weighted by Crippen LogP contribution is 2.15. The van der Waals surface area contributed by atoms with E-state index >= 15 is 0 Å². The molecule has 0 fully saturated rings. The molecule has 0 bridgehead atoms. The van der Waals surface area contributed by atoms with Crippen LogP contribution in [0.1, 0.15) is 5.01 Å². The fourth-order valence-electron chi connectivity index (χ4n) is 1.48. The second kappa shape index (κ2) is 4.69. The molecular formula is C10H8FN7S. The van der Waals surface area contributed by atoms with E-state index in [1.54, 1.807) is 12.1 Å². The number of halogens is 1. The zero-order chi connectivity index (χ0) is 13.2. The second-order valence-electron chi connectivity index (χ2n) is 3.68. The molecule has 0 saturated heterocycles. The predicted molar refractivity (Wildman–Crippen MR) is 66.6 cm³/mol. The summed E-state index contributed by atoms with van der Waals surface area (Å²) in [4.78, 5) is 1.39. The van der Waals surface area contributed by atoms with Crippen molar-refractivity contribution in [3.63, 3.8) is 0 Å². The summed E-state index contributed by atoms with van der Waals surface area (Å²) in [6, 6.07) is 5.89. The minimum atomic E-state index is -0.305. The molecule has 96 valence electrons. The molecule has 0 atom stereocenters. The van der Waals surface area contributed by atoms with Gasteiger partial charge in [-0.3, -0.25) is 0 Å². The fourth-order valence-corrected chi connectivity index (χ4v) is 2.06. The van der Waals surface area contributed by atoms with Crippen molar-refractivity contribution >= 4 is 16.5 Å². The molecule has 3 rings (SSSR count). The molecule has 7 nitrogen and oxygen atoms in total. The van der Waals surface area contributed by atoms with Crippen LogP contribution in [0.4, 0.5) is 9.52 Å².